The van der Waals surface area contributed by atoms with Crippen LogP contribution in [0.1, 0.15) is 25.7 Å². The summed E-state index contributed by atoms with van der Waals surface area (Å²) in [5, 5.41) is 0. The molecule has 0 bridgehead atoms. The van der Waals surface area contributed by atoms with Crippen molar-refractivity contribution in [2.24, 2.45) is 16.6 Å². The molecule has 0 spiro atoms. The molecule has 1 fully saturated rings. The SMILES string of the molecule is NC(=Nc1cccc(I)c1)C1CCCC1. The van der Waals surface area contributed by atoms with Crippen molar-refractivity contribution in [2.75, 3.05) is 0 Å². The van der Waals surface area contributed by atoms with Gasteiger partial charge in [0.25, 0.3) is 0 Å². The van der Waals surface area contributed by atoms with Crippen LogP contribution >= 0.6 is 22.6 Å². The summed E-state index contributed by atoms with van der Waals surface area (Å²) in [7, 11) is 0. The summed E-state index contributed by atoms with van der Waals surface area (Å²) in [4.78, 5) is 4.49. The first-order chi connectivity index (χ1) is 7.25. The highest BCUT2D eigenvalue weighted by atomic mass is 127. The van der Waals surface area contributed by atoms with E-state index in [1.807, 2.05) is 12.1 Å². The standard InChI is InChI=1S/C12H15IN2/c13-10-6-3-7-11(8-10)15-12(14)9-4-1-2-5-9/h3,6-9H,1-2,4-5H2,(H2,14,15). The van der Waals surface area contributed by atoms with Crippen molar-refractivity contribution in [1.29, 1.82) is 0 Å². The average Bonchev–Trinajstić information content (AvgIpc) is 2.70. The van der Waals surface area contributed by atoms with E-state index in [1.165, 1.54) is 29.3 Å². The number of nitrogens with zero attached hydrogens (tertiary/aromatic N) is 1. The highest BCUT2D eigenvalue weighted by Gasteiger charge is 2.18. The van der Waals surface area contributed by atoms with Gasteiger partial charge in [-0.15, -0.1) is 0 Å². The maximum atomic E-state index is 6.01. The molecule has 0 aliphatic heterocycles. The van der Waals surface area contributed by atoms with E-state index in [1.54, 1.807) is 0 Å². The molecule has 0 amide bonds. The summed E-state index contributed by atoms with van der Waals surface area (Å²) in [5.74, 6) is 1.33. The fourth-order valence-corrected chi connectivity index (χ4v) is 2.53. The van der Waals surface area contributed by atoms with E-state index in [-0.39, 0.29) is 0 Å². The summed E-state index contributed by atoms with van der Waals surface area (Å²) in [5.41, 5.74) is 6.99. The Morgan fingerprint density at radius 3 is 2.73 bits per heavy atom. The van der Waals surface area contributed by atoms with Crippen molar-refractivity contribution >= 4 is 34.1 Å². The van der Waals surface area contributed by atoms with Gasteiger partial charge >= 0.3 is 0 Å². The molecule has 1 aromatic rings. The van der Waals surface area contributed by atoms with Crippen LogP contribution in [0.5, 0.6) is 0 Å². The van der Waals surface area contributed by atoms with Gasteiger partial charge in [-0.3, -0.25) is 0 Å². The minimum Gasteiger partial charge on any atom is -0.387 e. The Morgan fingerprint density at radius 2 is 2.07 bits per heavy atom. The van der Waals surface area contributed by atoms with Crippen LogP contribution in [0.2, 0.25) is 0 Å². The largest absolute Gasteiger partial charge is 0.387 e. The molecule has 1 aliphatic rings. The molecule has 2 N–H and O–H groups in total. The van der Waals surface area contributed by atoms with Crippen LogP contribution in [0.4, 0.5) is 5.69 Å². The van der Waals surface area contributed by atoms with Gasteiger partial charge in [0.05, 0.1) is 5.69 Å². The molecule has 2 nitrogen and oxygen atoms in total. The minimum absolute atomic E-state index is 0.517. The molecule has 3 heteroatoms. The molecule has 0 aromatic heterocycles. The molecule has 0 saturated heterocycles. The second-order valence-electron chi connectivity index (χ2n) is 4.00. The first kappa shape index (κ1) is 10.9. The van der Waals surface area contributed by atoms with Crippen LogP contribution in [0, 0.1) is 9.49 Å². The normalized spacial score (nSPS) is 18.3. The molecule has 15 heavy (non-hydrogen) atoms. The van der Waals surface area contributed by atoms with E-state index >= 15 is 0 Å². The Bertz CT molecular complexity index is 368. The van der Waals surface area contributed by atoms with E-state index < -0.39 is 0 Å². The van der Waals surface area contributed by atoms with Crippen molar-refractivity contribution in [1.82, 2.24) is 0 Å². The average molecular weight is 314 g/mol. The monoisotopic (exact) mass is 314 g/mol. The predicted molar refractivity (Wildman–Crippen MR) is 72.4 cm³/mol. The Hall–Kier alpha value is -0.580. The highest BCUT2D eigenvalue weighted by Crippen LogP contribution is 2.26. The van der Waals surface area contributed by atoms with Crippen molar-refractivity contribution in [3.63, 3.8) is 0 Å². The number of aliphatic imine (C=N–C) groups is 1. The number of hydrogen-bond donors (Lipinski definition) is 1. The van der Waals surface area contributed by atoms with Crippen molar-refractivity contribution in [3.8, 4) is 0 Å². The molecule has 0 heterocycles. The molecule has 80 valence electrons. The summed E-state index contributed by atoms with van der Waals surface area (Å²) in [6, 6.07) is 8.14. The van der Waals surface area contributed by atoms with Crippen LogP contribution in [0.15, 0.2) is 29.3 Å². The van der Waals surface area contributed by atoms with Crippen LogP contribution in [-0.2, 0) is 0 Å². The summed E-state index contributed by atoms with van der Waals surface area (Å²) >= 11 is 2.29. The topological polar surface area (TPSA) is 38.4 Å². The molecule has 0 unspecified atom stereocenters. The van der Waals surface area contributed by atoms with Gasteiger partial charge in [0.1, 0.15) is 5.84 Å². The van der Waals surface area contributed by atoms with Gasteiger partial charge in [-0.25, -0.2) is 4.99 Å². The van der Waals surface area contributed by atoms with E-state index in [9.17, 15) is 0 Å². The van der Waals surface area contributed by atoms with Crippen molar-refractivity contribution in [2.45, 2.75) is 25.7 Å². The van der Waals surface area contributed by atoms with Crippen LogP contribution in [0.3, 0.4) is 0 Å². The van der Waals surface area contributed by atoms with Gasteiger partial charge < -0.3 is 5.73 Å². The number of rotatable bonds is 2. The summed E-state index contributed by atoms with van der Waals surface area (Å²) in [6.07, 6.45) is 5.01. The first-order valence-electron chi connectivity index (χ1n) is 5.35. The van der Waals surface area contributed by atoms with Crippen LogP contribution in [0.25, 0.3) is 0 Å². The van der Waals surface area contributed by atoms with E-state index in [0.29, 0.717) is 5.92 Å². The van der Waals surface area contributed by atoms with Crippen molar-refractivity contribution < 1.29 is 0 Å². The fourth-order valence-electron chi connectivity index (χ4n) is 2.01. The number of nitrogens with two attached hydrogens (primary N) is 1. The van der Waals surface area contributed by atoms with Gasteiger partial charge in [0, 0.05) is 9.49 Å². The predicted octanol–water partition coefficient (Wildman–Crippen LogP) is 3.47. The molecule has 2 rings (SSSR count). The molecular formula is C12H15IN2. The molecule has 1 saturated carbocycles. The van der Waals surface area contributed by atoms with Gasteiger partial charge in [0.2, 0.25) is 0 Å². The zero-order chi connectivity index (χ0) is 10.7. The number of hydrogen-bond acceptors (Lipinski definition) is 1. The lowest BCUT2D eigenvalue weighted by atomic mass is 10.1. The second-order valence-corrected chi connectivity index (χ2v) is 5.24. The summed E-state index contributed by atoms with van der Waals surface area (Å²) in [6.45, 7) is 0. The Labute approximate surface area is 104 Å². The smallest absolute Gasteiger partial charge is 0.103 e. The molecule has 0 radical (unpaired) electrons. The third-order valence-corrected chi connectivity index (χ3v) is 3.51. The third-order valence-electron chi connectivity index (χ3n) is 2.84. The Kier molecular flexibility index (Phi) is 3.61. The van der Waals surface area contributed by atoms with E-state index in [0.717, 1.165) is 11.5 Å². The summed E-state index contributed by atoms with van der Waals surface area (Å²) < 4.78 is 1.20. The van der Waals surface area contributed by atoms with Crippen LogP contribution < -0.4 is 5.73 Å². The molecule has 1 aliphatic carbocycles. The van der Waals surface area contributed by atoms with Gasteiger partial charge in [-0.05, 0) is 53.6 Å². The lowest BCUT2D eigenvalue weighted by molar-refractivity contribution is 0.722. The first-order valence-corrected chi connectivity index (χ1v) is 6.43. The lowest BCUT2D eigenvalue weighted by Crippen LogP contribution is -2.20. The van der Waals surface area contributed by atoms with E-state index in [4.69, 9.17) is 5.73 Å². The van der Waals surface area contributed by atoms with Crippen molar-refractivity contribution in [3.05, 3.63) is 27.8 Å². The third kappa shape index (κ3) is 2.93. The molecule has 1 aromatic carbocycles. The van der Waals surface area contributed by atoms with Gasteiger partial charge in [-0.2, -0.15) is 0 Å². The quantitative estimate of drug-likeness (QED) is 0.507. The maximum absolute atomic E-state index is 6.01. The van der Waals surface area contributed by atoms with Gasteiger partial charge in [-0.1, -0.05) is 18.9 Å². The lowest BCUT2D eigenvalue weighted by Gasteiger charge is -2.07. The Balaban J connectivity index is 2.14. The Morgan fingerprint density at radius 1 is 1.33 bits per heavy atom. The highest BCUT2D eigenvalue weighted by molar-refractivity contribution is 14.1. The minimum atomic E-state index is 0.517. The number of benzene rings is 1. The second kappa shape index (κ2) is 4.96. The van der Waals surface area contributed by atoms with Crippen LogP contribution in [-0.4, -0.2) is 5.84 Å². The molecular weight excluding hydrogens is 299 g/mol. The van der Waals surface area contributed by atoms with Gasteiger partial charge in [0.15, 0.2) is 0 Å². The number of halogens is 1. The zero-order valence-electron chi connectivity index (χ0n) is 8.62. The van der Waals surface area contributed by atoms with E-state index in [2.05, 4.69) is 39.7 Å². The number of amidine groups is 1. The zero-order valence-corrected chi connectivity index (χ0v) is 10.8. The maximum Gasteiger partial charge on any atom is 0.103 e. The fraction of sp³-hybridized carbons (Fsp3) is 0.417. The molecule has 0 atom stereocenters.